The van der Waals surface area contributed by atoms with Crippen LogP contribution in [0.4, 0.5) is 11.6 Å². The van der Waals surface area contributed by atoms with Crippen molar-refractivity contribution in [1.29, 1.82) is 0 Å². The third-order valence-corrected chi connectivity index (χ3v) is 3.67. The summed E-state index contributed by atoms with van der Waals surface area (Å²) in [5.74, 6) is 2.68. The van der Waals surface area contributed by atoms with Crippen LogP contribution in [0.1, 0.15) is 51.8 Å². The first-order valence-electron chi connectivity index (χ1n) is 8.29. The molecule has 0 spiro atoms. The lowest BCUT2D eigenvalue weighted by Gasteiger charge is -2.13. The molecule has 1 aliphatic carbocycles. The minimum absolute atomic E-state index is 0.477. The molecular formula is C16H28N4O. The van der Waals surface area contributed by atoms with Gasteiger partial charge in [0, 0.05) is 25.6 Å². The Kier molecular flexibility index (Phi) is 6.73. The average Bonchev–Trinajstić information content (AvgIpc) is 2.97. The van der Waals surface area contributed by atoms with Crippen LogP contribution < -0.4 is 10.6 Å². The normalized spacial score (nSPS) is 15.3. The molecule has 21 heavy (non-hydrogen) atoms. The topological polar surface area (TPSA) is 59.1 Å². The van der Waals surface area contributed by atoms with Gasteiger partial charge in [0.25, 0.3) is 0 Å². The van der Waals surface area contributed by atoms with E-state index in [1.54, 1.807) is 0 Å². The van der Waals surface area contributed by atoms with Crippen molar-refractivity contribution in [3.8, 4) is 0 Å². The number of ether oxygens (including phenoxy) is 1. The van der Waals surface area contributed by atoms with E-state index in [1.165, 1.54) is 25.7 Å². The van der Waals surface area contributed by atoms with E-state index in [0.29, 0.717) is 6.10 Å². The summed E-state index contributed by atoms with van der Waals surface area (Å²) in [6.07, 6.45) is 7.52. The lowest BCUT2D eigenvalue weighted by atomic mass is 10.3. The molecule has 1 aromatic heterocycles. The van der Waals surface area contributed by atoms with E-state index >= 15 is 0 Å². The summed E-state index contributed by atoms with van der Waals surface area (Å²) in [5.41, 5.74) is 0. The number of hydrogen-bond donors (Lipinski definition) is 2. The standard InChI is InChI=1S/C16H28N4O/c1-3-7-14-19-15(17-4-2)12-16(20-14)18-10-11-21-13-8-5-6-9-13/h12-13H,3-11H2,1-2H3,(H2,17,18,19,20). The lowest BCUT2D eigenvalue weighted by molar-refractivity contribution is 0.0658. The molecule has 0 bridgehead atoms. The molecule has 5 heteroatoms. The highest BCUT2D eigenvalue weighted by Crippen LogP contribution is 2.20. The molecule has 1 aromatic rings. The highest BCUT2D eigenvalue weighted by molar-refractivity contribution is 5.47. The van der Waals surface area contributed by atoms with Gasteiger partial charge in [-0.25, -0.2) is 9.97 Å². The highest BCUT2D eigenvalue weighted by Gasteiger charge is 2.14. The Hall–Kier alpha value is -1.36. The molecule has 0 atom stereocenters. The molecule has 0 saturated heterocycles. The van der Waals surface area contributed by atoms with Gasteiger partial charge in [0.2, 0.25) is 0 Å². The van der Waals surface area contributed by atoms with Crippen LogP contribution >= 0.6 is 0 Å². The zero-order chi connectivity index (χ0) is 14.9. The molecule has 0 radical (unpaired) electrons. The molecule has 5 nitrogen and oxygen atoms in total. The van der Waals surface area contributed by atoms with Crippen LogP contribution in [0.5, 0.6) is 0 Å². The molecule has 0 aromatic carbocycles. The highest BCUT2D eigenvalue weighted by atomic mass is 16.5. The maximum Gasteiger partial charge on any atom is 0.133 e. The molecular weight excluding hydrogens is 264 g/mol. The zero-order valence-corrected chi connectivity index (χ0v) is 13.3. The van der Waals surface area contributed by atoms with E-state index in [0.717, 1.165) is 50.0 Å². The summed E-state index contributed by atoms with van der Waals surface area (Å²) in [4.78, 5) is 9.07. The summed E-state index contributed by atoms with van der Waals surface area (Å²) < 4.78 is 5.86. The van der Waals surface area contributed by atoms with Crippen molar-refractivity contribution < 1.29 is 4.74 Å². The second-order valence-corrected chi connectivity index (χ2v) is 5.54. The number of anilines is 2. The maximum absolute atomic E-state index is 5.86. The van der Waals surface area contributed by atoms with Gasteiger partial charge in [-0.05, 0) is 26.2 Å². The molecule has 2 rings (SSSR count). The molecule has 1 fully saturated rings. The summed E-state index contributed by atoms with van der Waals surface area (Å²) in [7, 11) is 0. The SMILES string of the molecule is CCCc1nc(NCC)cc(NCCOC2CCCC2)n1. The number of aromatic nitrogens is 2. The van der Waals surface area contributed by atoms with Gasteiger partial charge in [-0.15, -0.1) is 0 Å². The quantitative estimate of drug-likeness (QED) is 0.684. The molecule has 1 heterocycles. The van der Waals surface area contributed by atoms with E-state index in [9.17, 15) is 0 Å². The molecule has 0 amide bonds. The maximum atomic E-state index is 5.86. The zero-order valence-electron chi connectivity index (χ0n) is 13.3. The summed E-state index contributed by atoms with van der Waals surface area (Å²) in [5, 5.41) is 6.61. The van der Waals surface area contributed by atoms with Gasteiger partial charge in [0.15, 0.2) is 0 Å². The van der Waals surface area contributed by atoms with Crippen molar-refractivity contribution in [2.75, 3.05) is 30.3 Å². The summed E-state index contributed by atoms with van der Waals surface area (Å²) >= 11 is 0. The van der Waals surface area contributed by atoms with E-state index in [-0.39, 0.29) is 0 Å². The van der Waals surface area contributed by atoms with Gasteiger partial charge in [-0.1, -0.05) is 19.8 Å². The predicted octanol–water partition coefficient (Wildman–Crippen LogP) is 3.23. The smallest absolute Gasteiger partial charge is 0.133 e. The number of rotatable bonds is 9. The molecule has 2 N–H and O–H groups in total. The van der Waals surface area contributed by atoms with Gasteiger partial charge in [0.05, 0.1) is 12.7 Å². The van der Waals surface area contributed by atoms with E-state index in [1.807, 2.05) is 6.07 Å². The van der Waals surface area contributed by atoms with Gasteiger partial charge in [-0.2, -0.15) is 0 Å². The fourth-order valence-electron chi connectivity index (χ4n) is 2.65. The Bertz CT molecular complexity index is 394. The summed E-state index contributed by atoms with van der Waals surface area (Å²) in [6, 6.07) is 1.97. The summed E-state index contributed by atoms with van der Waals surface area (Å²) in [6.45, 7) is 6.63. The lowest BCUT2D eigenvalue weighted by Crippen LogP contribution is -2.16. The fourth-order valence-corrected chi connectivity index (χ4v) is 2.65. The predicted molar refractivity (Wildman–Crippen MR) is 86.9 cm³/mol. The molecule has 118 valence electrons. The van der Waals surface area contributed by atoms with Crippen molar-refractivity contribution >= 4 is 11.6 Å². The van der Waals surface area contributed by atoms with Crippen LogP contribution in [-0.2, 0) is 11.2 Å². The molecule has 1 aliphatic rings. The number of nitrogens with zero attached hydrogens (tertiary/aromatic N) is 2. The third kappa shape index (κ3) is 5.50. The van der Waals surface area contributed by atoms with Crippen LogP contribution in [0.2, 0.25) is 0 Å². The minimum atomic E-state index is 0.477. The minimum Gasteiger partial charge on any atom is -0.376 e. The second kappa shape index (κ2) is 8.82. The fraction of sp³-hybridized carbons (Fsp3) is 0.750. The van der Waals surface area contributed by atoms with Crippen LogP contribution in [-0.4, -0.2) is 35.8 Å². The first kappa shape index (κ1) is 16.0. The van der Waals surface area contributed by atoms with Crippen molar-refractivity contribution in [3.05, 3.63) is 11.9 Å². The Morgan fingerprint density at radius 2 is 1.86 bits per heavy atom. The Balaban J connectivity index is 1.82. The van der Waals surface area contributed by atoms with E-state index < -0.39 is 0 Å². The Morgan fingerprint density at radius 1 is 1.14 bits per heavy atom. The van der Waals surface area contributed by atoms with E-state index in [2.05, 4.69) is 34.4 Å². The largest absolute Gasteiger partial charge is 0.376 e. The third-order valence-electron chi connectivity index (χ3n) is 3.67. The van der Waals surface area contributed by atoms with Gasteiger partial charge < -0.3 is 15.4 Å². The van der Waals surface area contributed by atoms with Crippen molar-refractivity contribution in [2.24, 2.45) is 0 Å². The first-order chi connectivity index (χ1) is 10.3. The van der Waals surface area contributed by atoms with Crippen molar-refractivity contribution in [1.82, 2.24) is 9.97 Å². The van der Waals surface area contributed by atoms with Crippen LogP contribution in [0.3, 0.4) is 0 Å². The van der Waals surface area contributed by atoms with Crippen LogP contribution in [0, 0.1) is 0 Å². The Labute approximate surface area is 127 Å². The van der Waals surface area contributed by atoms with Gasteiger partial charge >= 0.3 is 0 Å². The van der Waals surface area contributed by atoms with Crippen LogP contribution in [0.25, 0.3) is 0 Å². The second-order valence-electron chi connectivity index (χ2n) is 5.54. The van der Waals surface area contributed by atoms with Crippen molar-refractivity contribution in [3.63, 3.8) is 0 Å². The monoisotopic (exact) mass is 292 g/mol. The molecule has 0 aliphatic heterocycles. The van der Waals surface area contributed by atoms with Gasteiger partial charge in [0.1, 0.15) is 17.5 Å². The number of hydrogen-bond acceptors (Lipinski definition) is 5. The Morgan fingerprint density at radius 3 is 2.52 bits per heavy atom. The van der Waals surface area contributed by atoms with Gasteiger partial charge in [-0.3, -0.25) is 0 Å². The number of aryl methyl sites for hydroxylation is 1. The molecule has 1 saturated carbocycles. The first-order valence-corrected chi connectivity index (χ1v) is 8.29. The van der Waals surface area contributed by atoms with Crippen LogP contribution in [0.15, 0.2) is 6.07 Å². The average molecular weight is 292 g/mol. The van der Waals surface area contributed by atoms with Crippen molar-refractivity contribution in [2.45, 2.75) is 58.5 Å². The van der Waals surface area contributed by atoms with E-state index in [4.69, 9.17) is 4.74 Å². The number of nitrogens with one attached hydrogen (secondary N) is 2. The molecule has 0 unspecified atom stereocenters.